The van der Waals surface area contributed by atoms with Gasteiger partial charge in [0, 0.05) is 41.6 Å². The molecule has 2 N–H and O–H groups in total. The van der Waals surface area contributed by atoms with E-state index in [1.807, 2.05) is 30.2 Å². The number of pyridine rings is 1. The summed E-state index contributed by atoms with van der Waals surface area (Å²) in [7, 11) is 1.99. The maximum atomic E-state index is 14.3. The van der Waals surface area contributed by atoms with Crippen LogP contribution in [0.25, 0.3) is 5.69 Å². The topological polar surface area (TPSA) is 90.0 Å². The van der Waals surface area contributed by atoms with Crippen LogP contribution in [0.1, 0.15) is 48.5 Å². The summed E-state index contributed by atoms with van der Waals surface area (Å²) >= 11 is 3.36. The molecule has 1 aliphatic rings. The van der Waals surface area contributed by atoms with E-state index in [2.05, 4.69) is 32.1 Å². The molecule has 3 heterocycles. The third-order valence-corrected chi connectivity index (χ3v) is 6.62. The predicted octanol–water partition coefficient (Wildman–Crippen LogP) is 5.39. The molecule has 182 valence electrons. The third kappa shape index (κ3) is 5.23. The van der Waals surface area contributed by atoms with Crippen LogP contribution < -0.4 is 10.2 Å². The first-order valence-corrected chi connectivity index (χ1v) is 12.3. The zero-order valence-electron chi connectivity index (χ0n) is 19.4. The number of hydrogen-bond acceptors (Lipinski definition) is 6. The average Bonchev–Trinajstić information content (AvgIpc) is 3.42. The van der Waals surface area contributed by atoms with Crippen molar-refractivity contribution in [3.05, 3.63) is 81.7 Å². The van der Waals surface area contributed by atoms with Crippen molar-refractivity contribution in [2.45, 2.75) is 38.7 Å². The molecule has 4 aromatic rings. The van der Waals surface area contributed by atoms with Crippen molar-refractivity contribution in [3.63, 3.8) is 0 Å². The van der Waals surface area contributed by atoms with Gasteiger partial charge >= 0.3 is 0 Å². The lowest BCUT2D eigenvalue weighted by Crippen LogP contribution is -2.12. The monoisotopic (exact) mass is 540 g/mol. The number of aromatic nitrogens is 5. The lowest BCUT2D eigenvalue weighted by Gasteiger charge is -2.20. The minimum absolute atomic E-state index is 0.162. The second-order valence-electron chi connectivity index (χ2n) is 8.88. The first-order chi connectivity index (χ1) is 16.9. The van der Waals surface area contributed by atoms with Crippen molar-refractivity contribution < 1.29 is 14.3 Å². The second-order valence-corrected chi connectivity index (χ2v) is 9.80. The SMILES string of the molecule is C[C@@H](Oc1cc(Br)cnc1NO)c1cc(F)ccc1-n1nccc1Cc1cc(CC2CC2)n(C)n1. The number of nitrogens with one attached hydrogen (secondary N) is 1. The van der Waals surface area contributed by atoms with E-state index in [-0.39, 0.29) is 11.6 Å². The molecular formula is C25H26BrFN6O2. The van der Waals surface area contributed by atoms with Crippen LogP contribution >= 0.6 is 15.9 Å². The molecule has 1 atom stereocenters. The highest BCUT2D eigenvalue weighted by Gasteiger charge is 2.24. The van der Waals surface area contributed by atoms with E-state index in [4.69, 9.17) is 9.84 Å². The smallest absolute Gasteiger partial charge is 0.192 e. The number of rotatable bonds is 9. The van der Waals surface area contributed by atoms with Gasteiger partial charge in [-0.1, -0.05) is 0 Å². The number of hydrogen-bond donors (Lipinski definition) is 2. The van der Waals surface area contributed by atoms with Crippen LogP contribution in [0.15, 0.2) is 53.3 Å². The van der Waals surface area contributed by atoms with Crippen molar-refractivity contribution in [1.29, 1.82) is 0 Å². The van der Waals surface area contributed by atoms with Crippen LogP contribution in [0.5, 0.6) is 5.75 Å². The van der Waals surface area contributed by atoms with Crippen LogP contribution in [-0.4, -0.2) is 29.8 Å². The van der Waals surface area contributed by atoms with E-state index >= 15 is 0 Å². The molecule has 5 rings (SSSR count). The number of anilines is 1. The Labute approximate surface area is 210 Å². The van der Waals surface area contributed by atoms with E-state index < -0.39 is 6.10 Å². The lowest BCUT2D eigenvalue weighted by atomic mass is 10.1. The summed E-state index contributed by atoms with van der Waals surface area (Å²) in [5.74, 6) is 0.890. The molecule has 8 nitrogen and oxygen atoms in total. The highest BCUT2D eigenvalue weighted by Crippen LogP contribution is 2.34. The van der Waals surface area contributed by atoms with Gasteiger partial charge in [-0.25, -0.2) is 19.5 Å². The van der Waals surface area contributed by atoms with Gasteiger partial charge in [-0.15, -0.1) is 0 Å². The molecule has 0 unspecified atom stereocenters. The Bertz CT molecular complexity index is 1350. The number of ether oxygens (including phenoxy) is 1. The van der Waals surface area contributed by atoms with E-state index in [0.717, 1.165) is 23.7 Å². The van der Waals surface area contributed by atoms with Crippen molar-refractivity contribution in [1.82, 2.24) is 24.5 Å². The Balaban J connectivity index is 1.44. The Kier molecular flexibility index (Phi) is 6.57. The van der Waals surface area contributed by atoms with E-state index in [9.17, 15) is 9.60 Å². The maximum absolute atomic E-state index is 14.3. The van der Waals surface area contributed by atoms with Crippen molar-refractivity contribution >= 4 is 21.7 Å². The van der Waals surface area contributed by atoms with Crippen LogP contribution in [0, 0.1) is 11.7 Å². The maximum Gasteiger partial charge on any atom is 0.192 e. The molecule has 1 fully saturated rings. The van der Waals surface area contributed by atoms with E-state index in [1.54, 1.807) is 23.0 Å². The molecular weight excluding hydrogens is 515 g/mol. The Morgan fingerprint density at radius 1 is 1.23 bits per heavy atom. The molecule has 1 aromatic carbocycles. The van der Waals surface area contributed by atoms with Gasteiger partial charge in [-0.05, 0) is 84.4 Å². The van der Waals surface area contributed by atoms with Crippen molar-refractivity contribution in [3.8, 4) is 11.4 Å². The fraction of sp³-hybridized carbons (Fsp3) is 0.320. The van der Waals surface area contributed by atoms with Gasteiger partial charge in [0.05, 0.1) is 17.1 Å². The molecule has 0 radical (unpaired) electrons. The van der Waals surface area contributed by atoms with Gasteiger partial charge < -0.3 is 4.74 Å². The molecule has 35 heavy (non-hydrogen) atoms. The van der Waals surface area contributed by atoms with Crippen molar-refractivity contribution in [2.75, 3.05) is 5.48 Å². The molecule has 1 saturated carbocycles. The lowest BCUT2D eigenvalue weighted by molar-refractivity contribution is 0.224. The molecule has 0 spiro atoms. The zero-order chi connectivity index (χ0) is 24.5. The fourth-order valence-electron chi connectivity index (χ4n) is 4.23. The summed E-state index contributed by atoms with van der Waals surface area (Å²) in [5.41, 5.74) is 6.49. The summed E-state index contributed by atoms with van der Waals surface area (Å²) in [4.78, 5) is 4.09. The Morgan fingerprint density at radius 2 is 2.06 bits per heavy atom. The molecule has 1 aliphatic carbocycles. The van der Waals surface area contributed by atoms with Gasteiger partial charge in [0.15, 0.2) is 11.6 Å². The van der Waals surface area contributed by atoms with Gasteiger partial charge in [0.1, 0.15) is 11.9 Å². The molecule has 10 heteroatoms. The normalized spacial score (nSPS) is 14.2. The zero-order valence-corrected chi connectivity index (χ0v) is 21.0. The number of nitrogens with zero attached hydrogens (tertiary/aromatic N) is 5. The van der Waals surface area contributed by atoms with Crippen LogP contribution in [0.3, 0.4) is 0 Å². The quantitative estimate of drug-likeness (QED) is 0.277. The second kappa shape index (κ2) is 9.79. The van der Waals surface area contributed by atoms with Gasteiger partial charge in [0.2, 0.25) is 0 Å². The minimum Gasteiger partial charge on any atom is -0.482 e. The van der Waals surface area contributed by atoms with Crippen LogP contribution in [-0.2, 0) is 19.9 Å². The highest BCUT2D eigenvalue weighted by molar-refractivity contribution is 9.10. The third-order valence-electron chi connectivity index (χ3n) is 6.19. The van der Waals surface area contributed by atoms with Gasteiger partial charge in [-0.2, -0.15) is 10.2 Å². The summed E-state index contributed by atoms with van der Waals surface area (Å²) < 4.78 is 24.9. The average molecular weight is 541 g/mol. The summed E-state index contributed by atoms with van der Waals surface area (Å²) in [6.45, 7) is 1.81. The van der Waals surface area contributed by atoms with Gasteiger partial charge in [0.25, 0.3) is 0 Å². The van der Waals surface area contributed by atoms with Crippen LogP contribution in [0.4, 0.5) is 10.2 Å². The Hall–Kier alpha value is -3.24. The summed E-state index contributed by atoms with van der Waals surface area (Å²) in [6, 6.07) is 10.3. The first-order valence-electron chi connectivity index (χ1n) is 11.5. The number of benzene rings is 1. The molecule has 0 bridgehead atoms. The minimum atomic E-state index is -0.569. The number of halogens is 2. The van der Waals surface area contributed by atoms with Crippen molar-refractivity contribution in [2.24, 2.45) is 13.0 Å². The summed E-state index contributed by atoms with van der Waals surface area (Å²) in [5, 5.41) is 18.6. The number of aryl methyl sites for hydroxylation is 1. The molecule has 0 saturated heterocycles. The molecule has 0 amide bonds. The predicted molar refractivity (Wildman–Crippen MR) is 132 cm³/mol. The Morgan fingerprint density at radius 3 is 2.83 bits per heavy atom. The largest absolute Gasteiger partial charge is 0.482 e. The van der Waals surface area contributed by atoms with E-state index in [1.165, 1.54) is 36.9 Å². The fourth-order valence-corrected chi connectivity index (χ4v) is 4.54. The van der Waals surface area contributed by atoms with Crippen LogP contribution in [0.2, 0.25) is 0 Å². The van der Waals surface area contributed by atoms with E-state index in [0.29, 0.717) is 27.9 Å². The first kappa shape index (κ1) is 23.5. The van der Waals surface area contributed by atoms with Gasteiger partial charge in [-0.3, -0.25) is 9.89 Å². The highest BCUT2D eigenvalue weighted by atomic mass is 79.9. The molecule has 0 aliphatic heterocycles. The summed E-state index contributed by atoms with van der Waals surface area (Å²) in [6.07, 6.45) is 6.95. The molecule has 3 aromatic heterocycles. The standard InChI is InChI=1S/C25H26BrFN6O2/c1-15(35-24-10-17(26)14-28-25(24)31-34)22-11-18(27)5-6-23(22)33-20(7-8-29-33)12-19-13-21(32(2)30-19)9-16-3-4-16/h5-8,10-11,13-16,34H,3-4,9,12H2,1-2H3,(H,28,31)/t15-/m1/s1.